The van der Waals surface area contributed by atoms with Gasteiger partial charge in [0.15, 0.2) is 0 Å². The number of hydrogen-bond donors (Lipinski definition) is 0. The van der Waals surface area contributed by atoms with E-state index in [1.807, 2.05) is 18.2 Å². The minimum absolute atomic E-state index is 0.186. The van der Waals surface area contributed by atoms with Crippen LogP contribution >= 0.6 is 0 Å². The highest BCUT2D eigenvalue weighted by molar-refractivity contribution is 5.62. The molecular formula is C19H22N2O. The molecule has 0 radical (unpaired) electrons. The molecule has 0 saturated heterocycles. The van der Waals surface area contributed by atoms with Crippen molar-refractivity contribution >= 4 is 0 Å². The molecule has 3 nitrogen and oxygen atoms in total. The fraction of sp³-hybridized carbons (Fsp3) is 0.368. The van der Waals surface area contributed by atoms with Crippen molar-refractivity contribution < 1.29 is 0 Å². The van der Waals surface area contributed by atoms with E-state index < -0.39 is 0 Å². The fourth-order valence-corrected chi connectivity index (χ4v) is 2.56. The van der Waals surface area contributed by atoms with Crippen molar-refractivity contribution in [2.24, 2.45) is 0 Å². The number of nitrogens with zero attached hydrogens (tertiary/aromatic N) is 2. The lowest BCUT2D eigenvalue weighted by Gasteiger charge is -2.14. The molecule has 2 aromatic rings. The zero-order chi connectivity index (χ0) is 16.1. The Morgan fingerprint density at radius 2 is 1.86 bits per heavy atom. The Morgan fingerprint density at radius 3 is 2.50 bits per heavy atom. The summed E-state index contributed by atoms with van der Waals surface area (Å²) in [5.74, 6) is 0. The Hall–Kier alpha value is -2.34. The van der Waals surface area contributed by atoms with Gasteiger partial charge in [-0.25, -0.2) is 0 Å². The van der Waals surface area contributed by atoms with Crippen LogP contribution in [0.15, 0.2) is 35.1 Å². The Balaban J connectivity index is 2.54. The van der Waals surface area contributed by atoms with Gasteiger partial charge in [-0.05, 0) is 55.2 Å². The van der Waals surface area contributed by atoms with E-state index in [0.717, 1.165) is 30.5 Å². The second-order valence-electron chi connectivity index (χ2n) is 5.71. The Kier molecular flexibility index (Phi) is 5.16. The fourth-order valence-electron chi connectivity index (χ4n) is 2.56. The first-order chi connectivity index (χ1) is 10.6. The third-order valence-corrected chi connectivity index (χ3v) is 4.08. The molecule has 0 bridgehead atoms. The van der Waals surface area contributed by atoms with Gasteiger partial charge >= 0.3 is 0 Å². The lowest BCUT2D eigenvalue weighted by atomic mass is 10.0. The summed E-state index contributed by atoms with van der Waals surface area (Å²) in [6, 6.07) is 11.7. The van der Waals surface area contributed by atoms with Crippen molar-refractivity contribution in [2.75, 3.05) is 0 Å². The summed E-state index contributed by atoms with van der Waals surface area (Å²) in [7, 11) is 0. The number of pyridine rings is 1. The molecule has 22 heavy (non-hydrogen) atoms. The zero-order valence-corrected chi connectivity index (χ0v) is 13.5. The van der Waals surface area contributed by atoms with Gasteiger partial charge in [-0.15, -0.1) is 0 Å². The average Bonchev–Trinajstić information content (AvgIpc) is 2.51. The highest BCUT2D eigenvalue weighted by Crippen LogP contribution is 2.22. The summed E-state index contributed by atoms with van der Waals surface area (Å²) in [6.45, 7) is 6.94. The van der Waals surface area contributed by atoms with E-state index in [1.165, 1.54) is 11.1 Å². The summed E-state index contributed by atoms with van der Waals surface area (Å²) in [5.41, 5.74) is 4.38. The average molecular weight is 294 g/mol. The van der Waals surface area contributed by atoms with Gasteiger partial charge in [-0.1, -0.05) is 31.9 Å². The van der Waals surface area contributed by atoms with Gasteiger partial charge in [-0.2, -0.15) is 5.26 Å². The third-order valence-electron chi connectivity index (χ3n) is 4.08. The van der Waals surface area contributed by atoms with Gasteiger partial charge in [0.2, 0.25) is 0 Å². The summed E-state index contributed by atoms with van der Waals surface area (Å²) in [6.07, 6.45) is 3.13. The predicted molar refractivity (Wildman–Crippen MR) is 89.9 cm³/mol. The van der Waals surface area contributed by atoms with E-state index in [4.69, 9.17) is 5.26 Å². The number of aryl methyl sites for hydroxylation is 2. The predicted octanol–water partition coefficient (Wildman–Crippen LogP) is 4.19. The summed E-state index contributed by atoms with van der Waals surface area (Å²) >= 11 is 0. The van der Waals surface area contributed by atoms with E-state index in [9.17, 15) is 4.79 Å². The number of unbranched alkanes of at least 4 members (excludes halogenated alkanes) is 2. The summed E-state index contributed by atoms with van der Waals surface area (Å²) in [5, 5.41) is 9.09. The molecule has 0 atom stereocenters. The molecule has 1 aromatic carbocycles. The SMILES string of the molecule is CCCCCn1c(-c2ccc(C)c(C)c2)ccc(C#N)c1=O. The third kappa shape index (κ3) is 3.28. The molecule has 0 unspecified atom stereocenters. The lowest BCUT2D eigenvalue weighted by Crippen LogP contribution is -2.24. The minimum Gasteiger partial charge on any atom is -0.307 e. The van der Waals surface area contributed by atoms with E-state index in [2.05, 4.69) is 32.9 Å². The molecule has 0 amide bonds. The van der Waals surface area contributed by atoms with Crippen LogP contribution < -0.4 is 5.56 Å². The Morgan fingerprint density at radius 1 is 1.09 bits per heavy atom. The lowest BCUT2D eigenvalue weighted by molar-refractivity contribution is 0.591. The molecule has 0 spiro atoms. The molecule has 1 heterocycles. The van der Waals surface area contributed by atoms with Crippen molar-refractivity contribution in [3.8, 4) is 17.3 Å². The Bertz CT molecular complexity index is 766. The maximum absolute atomic E-state index is 12.5. The van der Waals surface area contributed by atoms with Gasteiger partial charge in [0.05, 0.1) is 5.69 Å². The summed E-state index contributed by atoms with van der Waals surface area (Å²) in [4.78, 5) is 12.5. The number of hydrogen-bond acceptors (Lipinski definition) is 2. The van der Waals surface area contributed by atoms with Crippen LogP contribution in [-0.4, -0.2) is 4.57 Å². The Labute approximate surface area is 131 Å². The first kappa shape index (κ1) is 16.0. The zero-order valence-electron chi connectivity index (χ0n) is 13.5. The first-order valence-electron chi connectivity index (χ1n) is 7.80. The number of nitriles is 1. The molecule has 3 heteroatoms. The second kappa shape index (κ2) is 7.09. The highest BCUT2D eigenvalue weighted by Gasteiger charge is 2.10. The smallest absolute Gasteiger partial charge is 0.268 e. The first-order valence-corrected chi connectivity index (χ1v) is 7.80. The van der Waals surface area contributed by atoms with Gasteiger partial charge < -0.3 is 4.57 Å². The molecule has 0 fully saturated rings. The summed E-state index contributed by atoms with van der Waals surface area (Å²) < 4.78 is 1.75. The number of benzene rings is 1. The van der Waals surface area contributed by atoms with Gasteiger partial charge in [0.25, 0.3) is 5.56 Å². The van der Waals surface area contributed by atoms with Gasteiger partial charge in [0, 0.05) is 6.54 Å². The normalized spacial score (nSPS) is 10.5. The highest BCUT2D eigenvalue weighted by atomic mass is 16.1. The number of aromatic nitrogens is 1. The largest absolute Gasteiger partial charge is 0.307 e. The van der Waals surface area contributed by atoms with Crippen molar-refractivity contribution in [2.45, 2.75) is 46.6 Å². The molecule has 2 rings (SSSR count). The maximum Gasteiger partial charge on any atom is 0.268 e. The van der Waals surface area contributed by atoms with E-state index >= 15 is 0 Å². The van der Waals surface area contributed by atoms with Crippen molar-refractivity contribution in [3.05, 3.63) is 57.4 Å². The monoisotopic (exact) mass is 294 g/mol. The van der Waals surface area contributed by atoms with Gasteiger partial charge in [0.1, 0.15) is 11.6 Å². The van der Waals surface area contributed by atoms with E-state index in [0.29, 0.717) is 6.54 Å². The quantitative estimate of drug-likeness (QED) is 0.776. The standard InChI is InChI=1S/C19H22N2O/c1-4-5-6-11-21-18(10-9-17(13-20)19(21)22)16-8-7-14(2)15(3)12-16/h7-10,12H,4-6,11H2,1-3H3. The number of rotatable bonds is 5. The van der Waals surface area contributed by atoms with Crippen LogP contribution in [0.4, 0.5) is 0 Å². The van der Waals surface area contributed by atoms with Crippen molar-refractivity contribution in [3.63, 3.8) is 0 Å². The molecular weight excluding hydrogens is 272 g/mol. The molecule has 0 aliphatic rings. The molecule has 1 aromatic heterocycles. The van der Waals surface area contributed by atoms with E-state index in [1.54, 1.807) is 10.6 Å². The molecule has 0 aliphatic heterocycles. The van der Waals surface area contributed by atoms with Crippen molar-refractivity contribution in [1.29, 1.82) is 5.26 Å². The maximum atomic E-state index is 12.5. The molecule has 0 N–H and O–H groups in total. The van der Waals surface area contributed by atoms with Gasteiger partial charge in [-0.3, -0.25) is 4.79 Å². The molecule has 0 aliphatic carbocycles. The minimum atomic E-state index is -0.186. The van der Waals surface area contributed by atoms with Crippen LogP contribution in [-0.2, 0) is 6.54 Å². The molecule has 114 valence electrons. The van der Waals surface area contributed by atoms with Crippen molar-refractivity contribution in [1.82, 2.24) is 4.57 Å². The second-order valence-corrected chi connectivity index (χ2v) is 5.71. The molecule has 0 saturated carbocycles. The van der Waals surface area contributed by atoms with E-state index in [-0.39, 0.29) is 11.1 Å². The van der Waals surface area contributed by atoms with Crippen LogP contribution in [0.25, 0.3) is 11.3 Å². The van der Waals surface area contributed by atoms with Crippen LogP contribution in [0.2, 0.25) is 0 Å². The van der Waals surface area contributed by atoms with Crippen LogP contribution in [0.5, 0.6) is 0 Å². The van der Waals surface area contributed by atoms with Crippen LogP contribution in [0.3, 0.4) is 0 Å². The topological polar surface area (TPSA) is 45.8 Å². The van der Waals surface area contributed by atoms with Crippen LogP contribution in [0.1, 0.15) is 42.9 Å². The van der Waals surface area contributed by atoms with Crippen LogP contribution in [0, 0.1) is 25.2 Å².